The standard InChI is InChI=1S/C32H33BrN4O5S/c1-3-36-31(38)29(43-32(36)34-24-10-14-25(15-11-24)35-16-6-5-7-17-35)20-23-18-27(33)30(28(19-23)41-4-2)42-21-22-8-12-26(13-9-22)37(39)40/h8-15,18-20H,3-7,16-17,21H2,1-2H3/b29-20-,34-32?. The van der Waals surface area contributed by atoms with E-state index in [2.05, 4.69) is 33.0 Å². The van der Waals surface area contributed by atoms with Crippen molar-refractivity contribution < 1.29 is 19.2 Å². The van der Waals surface area contributed by atoms with Crippen LogP contribution in [-0.4, -0.2) is 47.1 Å². The number of nitro groups is 1. The Labute approximate surface area is 263 Å². The number of amidine groups is 1. The summed E-state index contributed by atoms with van der Waals surface area (Å²) in [7, 11) is 0. The van der Waals surface area contributed by atoms with Crippen LogP contribution in [0.5, 0.6) is 11.5 Å². The number of non-ortho nitro benzene ring substituents is 1. The van der Waals surface area contributed by atoms with Gasteiger partial charge in [0.2, 0.25) is 0 Å². The fourth-order valence-electron chi connectivity index (χ4n) is 4.97. The van der Waals surface area contributed by atoms with E-state index in [1.807, 2.05) is 44.2 Å². The average Bonchev–Trinajstić information content (AvgIpc) is 3.30. The topological polar surface area (TPSA) is 97.5 Å². The molecule has 0 aromatic heterocycles. The molecule has 1 amide bonds. The predicted molar refractivity (Wildman–Crippen MR) is 175 cm³/mol. The Morgan fingerprint density at radius 1 is 1.02 bits per heavy atom. The molecule has 2 aliphatic heterocycles. The highest BCUT2D eigenvalue weighted by atomic mass is 79.9. The minimum atomic E-state index is -0.434. The second-order valence-corrected chi connectivity index (χ2v) is 12.0. The Morgan fingerprint density at radius 2 is 1.74 bits per heavy atom. The lowest BCUT2D eigenvalue weighted by Crippen LogP contribution is -2.29. The molecule has 0 saturated carbocycles. The summed E-state index contributed by atoms with van der Waals surface area (Å²) in [6.45, 7) is 7.14. The van der Waals surface area contributed by atoms with E-state index in [4.69, 9.17) is 14.5 Å². The van der Waals surface area contributed by atoms with Crippen molar-refractivity contribution in [3.63, 3.8) is 0 Å². The zero-order chi connectivity index (χ0) is 30.3. The Kier molecular flexibility index (Phi) is 10.0. The summed E-state index contributed by atoms with van der Waals surface area (Å²) in [5.74, 6) is 0.943. The molecular formula is C32H33BrN4O5S. The first-order valence-corrected chi connectivity index (χ1v) is 15.9. The molecule has 11 heteroatoms. The molecule has 2 fully saturated rings. The van der Waals surface area contributed by atoms with Crippen molar-refractivity contribution in [2.24, 2.45) is 4.99 Å². The number of halogens is 1. The number of ether oxygens (including phenoxy) is 2. The molecule has 0 radical (unpaired) electrons. The van der Waals surface area contributed by atoms with Crippen LogP contribution in [0.2, 0.25) is 0 Å². The first-order chi connectivity index (χ1) is 20.9. The first-order valence-electron chi connectivity index (χ1n) is 14.3. The zero-order valence-electron chi connectivity index (χ0n) is 24.1. The normalized spacial score (nSPS) is 17.1. The molecule has 2 aliphatic rings. The van der Waals surface area contributed by atoms with E-state index in [0.717, 1.165) is 29.9 Å². The summed E-state index contributed by atoms with van der Waals surface area (Å²) in [6, 6.07) is 18.2. The number of rotatable bonds is 10. The van der Waals surface area contributed by atoms with E-state index in [1.165, 1.54) is 48.8 Å². The van der Waals surface area contributed by atoms with Crippen LogP contribution < -0.4 is 14.4 Å². The molecule has 43 heavy (non-hydrogen) atoms. The highest BCUT2D eigenvalue weighted by Crippen LogP contribution is 2.40. The van der Waals surface area contributed by atoms with Crippen LogP contribution in [0.25, 0.3) is 6.08 Å². The van der Waals surface area contributed by atoms with Crippen LogP contribution in [0.4, 0.5) is 17.1 Å². The van der Waals surface area contributed by atoms with Gasteiger partial charge >= 0.3 is 0 Å². The van der Waals surface area contributed by atoms with Gasteiger partial charge in [0.05, 0.1) is 26.6 Å². The van der Waals surface area contributed by atoms with Crippen molar-refractivity contribution >= 4 is 61.9 Å². The fraction of sp³-hybridized carbons (Fsp3) is 0.312. The van der Waals surface area contributed by atoms with Crippen LogP contribution in [0.1, 0.15) is 44.2 Å². The average molecular weight is 666 g/mol. The number of benzene rings is 3. The third kappa shape index (κ3) is 7.40. The van der Waals surface area contributed by atoms with E-state index in [9.17, 15) is 14.9 Å². The first kappa shape index (κ1) is 30.6. The number of hydrogen-bond donors (Lipinski definition) is 0. The lowest BCUT2D eigenvalue weighted by molar-refractivity contribution is -0.384. The number of piperidine rings is 1. The summed E-state index contributed by atoms with van der Waals surface area (Å²) >= 11 is 4.96. The highest BCUT2D eigenvalue weighted by Gasteiger charge is 2.32. The van der Waals surface area contributed by atoms with Crippen molar-refractivity contribution in [2.45, 2.75) is 39.7 Å². The highest BCUT2D eigenvalue weighted by molar-refractivity contribution is 9.10. The maximum atomic E-state index is 13.3. The van der Waals surface area contributed by atoms with Gasteiger partial charge in [-0.15, -0.1) is 0 Å². The number of nitro benzene ring substituents is 1. The monoisotopic (exact) mass is 664 g/mol. The van der Waals surface area contributed by atoms with Crippen molar-refractivity contribution in [2.75, 3.05) is 31.1 Å². The van der Waals surface area contributed by atoms with Crippen molar-refractivity contribution in [1.29, 1.82) is 0 Å². The van der Waals surface area contributed by atoms with Gasteiger partial charge in [-0.2, -0.15) is 0 Å². The van der Waals surface area contributed by atoms with Gasteiger partial charge in [0.15, 0.2) is 16.7 Å². The zero-order valence-corrected chi connectivity index (χ0v) is 26.5. The van der Waals surface area contributed by atoms with Crippen molar-refractivity contribution in [3.8, 4) is 11.5 Å². The Balaban J connectivity index is 1.34. The van der Waals surface area contributed by atoms with E-state index >= 15 is 0 Å². The second kappa shape index (κ2) is 14.1. The third-order valence-electron chi connectivity index (χ3n) is 7.16. The van der Waals surface area contributed by atoms with E-state index in [1.54, 1.807) is 17.0 Å². The molecule has 3 aromatic rings. The Morgan fingerprint density at radius 3 is 2.40 bits per heavy atom. The molecule has 0 aliphatic carbocycles. The minimum absolute atomic E-state index is 0.0252. The Bertz CT molecular complexity index is 1540. The lowest BCUT2D eigenvalue weighted by Gasteiger charge is -2.28. The maximum Gasteiger partial charge on any atom is 0.269 e. The smallest absolute Gasteiger partial charge is 0.269 e. The van der Waals surface area contributed by atoms with E-state index in [0.29, 0.717) is 39.2 Å². The van der Waals surface area contributed by atoms with Gasteiger partial charge < -0.3 is 14.4 Å². The number of aliphatic imine (C=N–C) groups is 1. The number of likely N-dealkylation sites (N-methyl/N-ethyl adjacent to an activating group) is 1. The van der Waals surface area contributed by atoms with Crippen LogP contribution in [-0.2, 0) is 11.4 Å². The maximum absolute atomic E-state index is 13.3. The molecule has 5 rings (SSSR count). The molecule has 9 nitrogen and oxygen atoms in total. The molecule has 0 unspecified atom stereocenters. The molecule has 3 aromatic carbocycles. The van der Waals surface area contributed by atoms with Gasteiger partial charge in [0, 0.05) is 37.5 Å². The van der Waals surface area contributed by atoms with Crippen LogP contribution in [0, 0.1) is 10.1 Å². The van der Waals surface area contributed by atoms with Crippen LogP contribution in [0.15, 0.2) is 75.0 Å². The number of nitrogens with zero attached hydrogens (tertiary/aromatic N) is 4. The summed E-state index contributed by atoms with van der Waals surface area (Å²) < 4.78 is 12.6. The molecule has 2 saturated heterocycles. The molecule has 2 heterocycles. The van der Waals surface area contributed by atoms with E-state index in [-0.39, 0.29) is 18.2 Å². The Hall–Kier alpha value is -3.83. The second-order valence-electron chi connectivity index (χ2n) is 10.1. The van der Waals surface area contributed by atoms with E-state index < -0.39 is 4.92 Å². The lowest BCUT2D eigenvalue weighted by atomic mass is 10.1. The summed E-state index contributed by atoms with van der Waals surface area (Å²) in [5.41, 5.74) is 3.61. The molecule has 0 bridgehead atoms. The molecule has 0 atom stereocenters. The number of thioether (sulfide) groups is 1. The molecule has 224 valence electrons. The van der Waals surface area contributed by atoms with Crippen LogP contribution in [0.3, 0.4) is 0 Å². The van der Waals surface area contributed by atoms with Gasteiger partial charge in [0.1, 0.15) is 6.61 Å². The summed E-state index contributed by atoms with van der Waals surface area (Å²) in [4.78, 5) is 33.3. The fourth-order valence-corrected chi connectivity index (χ4v) is 6.60. The number of amides is 1. The van der Waals surface area contributed by atoms with Gasteiger partial charge in [-0.1, -0.05) is 0 Å². The van der Waals surface area contributed by atoms with Gasteiger partial charge in [-0.25, -0.2) is 4.99 Å². The SMILES string of the molecule is CCOc1cc(/C=C2\SC(=Nc3ccc(N4CCCCC4)cc3)N(CC)C2=O)cc(Br)c1OCc1ccc([N+](=O)[O-])cc1. The molecule has 0 spiro atoms. The predicted octanol–water partition coefficient (Wildman–Crippen LogP) is 7.95. The number of anilines is 1. The van der Waals surface area contributed by atoms with Crippen molar-refractivity contribution in [1.82, 2.24) is 4.90 Å². The summed E-state index contributed by atoms with van der Waals surface area (Å²) in [5, 5.41) is 11.6. The minimum Gasteiger partial charge on any atom is -0.490 e. The number of hydrogen-bond acceptors (Lipinski definition) is 8. The van der Waals surface area contributed by atoms with Gasteiger partial charge in [-0.05, 0) is 127 Å². The molecule has 0 N–H and O–H groups in total. The largest absolute Gasteiger partial charge is 0.490 e. The van der Waals surface area contributed by atoms with Crippen molar-refractivity contribution in [3.05, 3.63) is 91.3 Å². The number of carbonyl (C=O) groups is 1. The summed E-state index contributed by atoms with van der Waals surface area (Å²) in [6.07, 6.45) is 5.58. The van der Waals surface area contributed by atoms with Gasteiger partial charge in [0.25, 0.3) is 11.6 Å². The van der Waals surface area contributed by atoms with Crippen LogP contribution >= 0.6 is 27.7 Å². The van der Waals surface area contributed by atoms with Gasteiger partial charge in [-0.3, -0.25) is 19.8 Å². The third-order valence-corrected chi connectivity index (χ3v) is 8.76. The quantitative estimate of drug-likeness (QED) is 0.123. The number of carbonyl (C=O) groups excluding carboxylic acids is 1. The molecular weight excluding hydrogens is 632 g/mol.